The van der Waals surface area contributed by atoms with Gasteiger partial charge in [-0.3, -0.25) is 0 Å². The molecule has 0 saturated heterocycles. The van der Waals surface area contributed by atoms with Gasteiger partial charge in [0.15, 0.2) is 0 Å². The van der Waals surface area contributed by atoms with E-state index in [-0.39, 0.29) is 5.56 Å². The first kappa shape index (κ1) is 13.4. The van der Waals surface area contributed by atoms with Crippen molar-refractivity contribution in [3.8, 4) is 5.88 Å². The Morgan fingerprint density at radius 1 is 1.11 bits per heavy atom. The van der Waals surface area contributed by atoms with Crippen molar-refractivity contribution in [2.24, 2.45) is 0 Å². The summed E-state index contributed by atoms with van der Waals surface area (Å²) >= 11 is 0. The van der Waals surface area contributed by atoms with E-state index in [2.05, 4.69) is 15.5 Å². The van der Waals surface area contributed by atoms with Gasteiger partial charge in [-0.15, -0.1) is 10.2 Å². The first-order chi connectivity index (χ1) is 9.17. The molecule has 0 aliphatic carbocycles. The van der Waals surface area contributed by atoms with Gasteiger partial charge in [0, 0.05) is 11.6 Å². The molecule has 100 valence electrons. The Balaban J connectivity index is 2.44. The molecule has 0 fully saturated rings. The Labute approximate surface area is 109 Å². The van der Waals surface area contributed by atoms with E-state index in [4.69, 9.17) is 4.74 Å². The van der Waals surface area contributed by atoms with Gasteiger partial charge in [-0.05, 0) is 25.2 Å². The number of rotatable bonds is 4. The van der Waals surface area contributed by atoms with Crippen LogP contribution in [0.2, 0.25) is 0 Å². The zero-order valence-electron chi connectivity index (χ0n) is 10.5. The lowest BCUT2D eigenvalue weighted by Gasteiger charge is -2.17. The maximum atomic E-state index is 13.8. The second-order valence-corrected chi connectivity index (χ2v) is 3.86. The minimum absolute atomic E-state index is 0.0792. The third-order valence-electron chi connectivity index (χ3n) is 2.74. The van der Waals surface area contributed by atoms with Crippen LogP contribution < -0.4 is 10.1 Å². The molecule has 0 bridgehead atoms. The van der Waals surface area contributed by atoms with Crippen LogP contribution in [0.4, 0.5) is 8.78 Å². The Hall–Kier alpha value is -2.08. The molecule has 1 aromatic carbocycles. The molecule has 2 rings (SSSR count). The van der Waals surface area contributed by atoms with Crippen molar-refractivity contribution in [3.63, 3.8) is 0 Å². The quantitative estimate of drug-likeness (QED) is 0.919. The van der Waals surface area contributed by atoms with Gasteiger partial charge in [-0.1, -0.05) is 6.07 Å². The second kappa shape index (κ2) is 5.71. The van der Waals surface area contributed by atoms with Gasteiger partial charge in [0.25, 0.3) is 0 Å². The van der Waals surface area contributed by atoms with Crippen molar-refractivity contribution in [2.45, 2.75) is 6.04 Å². The number of nitrogens with zero attached hydrogens (tertiary/aromatic N) is 2. The summed E-state index contributed by atoms with van der Waals surface area (Å²) in [4.78, 5) is 0. The van der Waals surface area contributed by atoms with Crippen LogP contribution in [-0.2, 0) is 0 Å². The Bertz CT molecular complexity index is 540. The number of methoxy groups -OCH3 is 1. The Morgan fingerprint density at radius 3 is 2.26 bits per heavy atom. The van der Waals surface area contributed by atoms with Crippen LogP contribution in [0.3, 0.4) is 0 Å². The highest BCUT2D eigenvalue weighted by Crippen LogP contribution is 2.25. The van der Waals surface area contributed by atoms with Crippen LogP contribution in [-0.4, -0.2) is 24.4 Å². The standard InChI is InChI=1S/C13H13F2N3O/c1-16-13(10-6-7-11(19-2)18-17-10)12-8(14)4-3-5-9(12)15/h3-7,13,16H,1-2H3. The van der Waals surface area contributed by atoms with Crippen molar-refractivity contribution in [3.05, 3.63) is 53.2 Å². The zero-order valence-corrected chi connectivity index (χ0v) is 10.5. The van der Waals surface area contributed by atoms with Gasteiger partial charge in [0.05, 0.1) is 18.8 Å². The van der Waals surface area contributed by atoms with Crippen LogP contribution in [0.5, 0.6) is 5.88 Å². The van der Waals surface area contributed by atoms with Crippen LogP contribution in [0, 0.1) is 11.6 Å². The lowest BCUT2D eigenvalue weighted by Crippen LogP contribution is -2.22. The minimum Gasteiger partial charge on any atom is -0.480 e. The van der Waals surface area contributed by atoms with Crippen molar-refractivity contribution in [1.82, 2.24) is 15.5 Å². The molecule has 0 aliphatic heterocycles. The summed E-state index contributed by atoms with van der Waals surface area (Å²) in [5.41, 5.74) is 0.330. The summed E-state index contributed by atoms with van der Waals surface area (Å²) < 4.78 is 32.4. The number of benzene rings is 1. The van der Waals surface area contributed by atoms with E-state index in [1.54, 1.807) is 19.2 Å². The maximum absolute atomic E-state index is 13.8. The second-order valence-electron chi connectivity index (χ2n) is 3.86. The summed E-state index contributed by atoms with van der Waals surface area (Å²) in [6.07, 6.45) is 0. The van der Waals surface area contributed by atoms with E-state index < -0.39 is 17.7 Å². The van der Waals surface area contributed by atoms with Crippen LogP contribution in [0.1, 0.15) is 17.3 Å². The highest BCUT2D eigenvalue weighted by Gasteiger charge is 2.21. The molecule has 0 saturated carbocycles. The smallest absolute Gasteiger partial charge is 0.233 e. The third-order valence-corrected chi connectivity index (χ3v) is 2.74. The van der Waals surface area contributed by atoms with Crippen LogP contribution in [0.15, 0.2) is 30.3 Å². The van der Waals surface area contributed by atoms with E-state index in [1.807, 2.05) is 0 Å². The fourth-order valence-corrected chi connectivity index (χ4v) is 1.82. The van der Waals surface area contributed by atoms with Crippen molar-refractivity contribution < 1.29 is 13.5 Å². The summed E-state index contributed by atoms with van der Waals surface area (Å²) in [6, 6.07) is 6.23. The molecule has 1 N–H and O–H groups in total. The van der Waals surface area contributed by atoms with Gasteiger partial charge in [-0.2, -0.15) is 0 Å². The predicted octanol–water partition coefficient (Wildman–Crippen LogP) is 2.07. The summed E-state index contributed by atoms with van der Waals surface area (Å²) in [5, 5.41) is 10.5. The fourth-order valence-electron chi connectivity index (χ4n) is 1.82. The minimum atomic E-state index is -0.709. The first-order valence-corrected chi connectivity index (χ1v) is 5.66. The number of aromatic nitrogens is 2. The number of nitrogens with one attached hydrogen (secondary N) is 1. The Kier molecular flexibility index (Phi) is 4.01. The fraction of sp³-hybridized carbons (Fsp3) is 0.231. The average molecular weight is 265 g/mol. The van der Waals surface area contributed by atoms with E-state index in [9.17, 15) is 8.78 Å². The summed E-state index contributed by atoms with van der Waals surface area (Å²) in [7, 11) is 3.07. The zero-order chi connectivity index (χ0) is 13.8. The molecule has 2 aromatic rings. The maximum Gasteiger partial charge on any atom is 0.233 e. The third kappa shape index (κ3) is 2.68. The van der Waals surface area contributed by atoms with Crippen molar-refractivity contribution in [1.29, 1.82) is 0 Å². The van der Waals surface area contributed by atoms with Gasteiger partial charge in [-0.25, -0.2) is 8.78 Å². The summed E-state index contributed by atoms with van der Waals surface area (Å²) in [6.45, 7) is 0. The van der Waals surface area contributed by atoms with Gasteiger partial charge in [0.2, 0.25) is 5.88 Å². The molecular weight excluding hydrogens is 252 g/mol. The molecule has 1 heterocycles. The number of hydrogen-bond donors (Lipinski definition) is 1. The van der Waals surface area contributed by atoms with Crippen LogP contribution >= 0.6 is 0 Å². The highest BCUT2D eigenvalue weighted by atomic mass is 19.1. The average Bonchev–Trinajstić information content (AvgIpc) is 2.43. The number of ether oxygens (including phenoxy) is 1. The lowest BCUT2D eigenvalue weighted by atomic mass is 10.0. The molecule has 1 unspecified atom stereocenters. The van der Waals surface area contributed by atoms with E-state index in [0.29, 0.717) is 11.6 Å². The molecule has 6 heteroatoms. The Morgan fingerprint density at radius 2 is 1.79 bits per heavy atom. The van der Waals surface area contributed by atoms with Crippen molar-refractivity contribution in [2.75, 3.05) is 14.2 Å². The molecule has 1 aromatic heterocycles. The highest BCUT2D eigenvalue weighted by molar-refractivity contribution is 5.30. The predicted molar refractivity (Wildman–Crippen MR) is 65.8 cm³/mol. The number of halogens is 2. The largest absolute Gasteiger partial charge is 0.480 e. The molecule has 0 amide bonds. The number of hydrogen-bond acceptors (Lipinski definition) is 4. The van der Waals surface area contributed by atoms with E-state index >= 15 is 0 Å². The molecular formula is C13H13F2N3O. The molecule has 0 spiro atoms. The molecule has 0 aliphatic rings. The molecule has 1 atom stereocenters. The van der Waals surface area contributed by atoms with Crippen molar-refractivity contribution >= 4 is 0 Å². The monoisotopic (exact) mass is 265 g/mol. The van der Waals surface area contributed by atoms with E-state index in [1.165, 1.54) is 25.3 Å². The van der Waals surface area contributed by atoms with Gasteiger partial charge >= 0.3 is 0 Å². The van der Waals surface area contributed by atoms with E-state index in [0.717, 1.165) is 0 Å². The topological polar surface area (TPSA) is 47.0 Å². The normalized spacial score (nSPS) is 12.2. The van der Waals surface area contributed by atoms with Gasteiger partial charge in [0.1, 0.15) is 11.6 Å². The molecule has 0 radical (unpaired) electrons. The molecule has 19 heavy (non-hydrogen) atoms. The SMILES string of the molecule is CNC(c1ccc(OC)nn1)c1c(F)cccc1F. The molecule has 4 nitrogen and oxygen atoms in total. The first-order valence-electron chi connectivity index (χ1n) is 5.66. The van der Waals surface area contributed by atoms with Gasteiger partial charge < -0.3 is 10.1 Å². The lowest BCUT2D eigenvalue weighted by molar-refractivity contribution is 0.390. The summed E-state index contributed by atoms with van der Waals surface area (Å²) in [5.74, 6) is -0.915. The van der Waals surface area contributed by atoms with Crippen LogP contribution in [0.25, 0.3) is 0 Å².